The average molecular weight is 262 g/mol. The van der Waals surface area contributed by atoms with Crippen LogP contribution < -0.4 is 5.32 Å². The van der Waals surface area contributed by atoms with E-state index in [2.05, 4.69) is 16.5 Å². The minimum atomic E-state index is 0.574. The van der Waals surface area contributed by atoms with Crippen molar-refractivity contribution in [3.05, 3.63) is 47.2 Å². The number of para-hydroxylation sites is 1. The van der Waals surface area contributed by atoms with Crippen molar-refractivity contribution in [3.8, 4) is 5.69 Å². The lowest BCUT2D eigenvalue weighted by Gasteiger charge is -2.23. The van der Waals surface area contributed by atoms with Crippen molar-refractivity contribution in [2.24, 2.45) is 0 Å². The van der Waals surface area contributed by atoms with Gasteiger partial charge < -0.3 is 5.32 Å². The summed E-state index contributed by atoms with van der Waals surface area (Å²) < 4.78 is 1.98. The molecule has 0 atom stereocenters. The van der Waals surface area contributed by atoms with E-state index in [4.69, 9.17) is 11.6 Å². The first-order valence-electron chi connectivity index (χ1n) is 6.36. The van der Waals surface area contributed by atoms with E-state index in [0.29, 0.717) is 5.92 Å². The summed E-state index contributed by atoms with van der Waals surface area (Å²) in [6, 6.07) is 9.97. The molecule has 1 aromatic carbocycles. The van der Waals surface area contributed by atoms with Crippen molar-refractivity contribution in [3.63, 3.8) is 0 Å². The number of rotatable bonds is 2. The van der Waals surface area contributed by atoms with Crippen molar-refractivity contribution in [2.45, 2.75) is 18.8 Å². The van der Waals surface area contributed by atoms with E-state index in [9.17, 15) is 0 Å². The van der Waals surface area contributed by atoms with Crippen LogP contribution in [0.4, 0.5) is 0 Å². The summed E-state index contributed by atoms with van der Waals surface area (Å²) in [4.78, 5) is 0. The van der Waals surface area contributed by atoms with E-state index in [1.54, 1.807) is 0 Å². The van der Waals surface area contributed by atoms with Gasteiger partial charge in [-0.1, -0.05) is 23.7 Å². The first kappa shape index (κ1) is 11.8. The van der Waals surface area contributed by atoms with Crippen LogP contribution in [0.15, 0.2) is 36.5 Å². The van der Waals surface area contributed by atoms with Gasteiger partial charge >= 0.3 is 0 Å². The van der Waals surface area contributed by atoms with Crippen LogP contribution in [0.2, 0.25) is 5.02 Å². The monoisotopic (exact) mass is 261 g/mol. The topological polar surface area (TPSA) is 29.9 Å². The molecule has 1 N–H and O–H groups in total. The van der Waals surface area contributed by atoms with E-state index >= 15 is 0 Å². The molecule has 1 fully saturated rings. The van der Waals surface area contributed by atoms with Crippen LogP contribution in [-0.2, 0) is 0 Å². The fourth-order valence-electron chi connectivity index (χ4n) is 2.57. The van der Waals surface area contributed by atoms with Crippen LogP contribution >= 0.6 is 11.6 Å². The zero-order chi connectivity index (χ0) is 12.4. The van der Waals surface area contributed by atoms with Gasteiger partial charge in [-0.15, -0.1) is 0 Å². The molecule has 1 aliphatic rings. The Hall–Kier alpha value is -1.32. The Bertz CT molecular complexity index is 529. The molecule has 1 saturated heterocycles. The normalized spacial score (nSPS) is 16.9. The second-order valence-corrected chi connectivity index (χ2v) is 5.05. The first-order valence-corrected chi connectivity index (χ1v) is 6.73. The third-order valence-electron chi connectivity index (χ3n) is 3.51. The minimum Gasteiger partial charge on any atom is -0.317 e. The first-order chi connectivity index (χ1) is 8.86. The van der Waals surface area contributed by atoms with Crippen LogP contribution in [-0.4, -0.2) is 22.9 Å². The molecule has 0 saturated carbocycles. The average Bonchev–Trinajstić information content (AvgIpc) is 2.89. The summed E-state index contributed by atoms with van der Waals surface area (Å²) in [7, 11) is 0. The summed E-state index contributed by atoms with van der Waals surface area (Å²) >= 11 is 6.25. The Balaban J connectivity index is 1.98. The molecular formula is C14H16ClN3. The largest absolute Gasteiger partial charge is 0.317 e. The Morgan fingerprint density at radius 3 is 2.72 bits per heavy atom. The van der Waals surface area contributed by atoms with E-state index in [1.165, 1.54) is 5.69 Å². The number of nitrogens with zero attached hydrogens (tertiary/aromatic N) is 2. The van der Waals surface area contributed by atoms with Crippen LogP contribution in [0.5, 0.6) is 0 Å². The predicted molar refractivity (Wildman–Crippen MR) is 73.4 cm³/mol. The molecule has 3 rings (SSSR count). The maximum Gasteiger partial charge on any atom is 0.0835 e. The Morgan fingerprint density at radius 2 is 1.94 bits per heavy atom. The number of hydrogen-bond acceptors (Lipinski definition) is 2. The Kier molecular flexibility index (Phi) is 3.35. The molecule has 1 aliphatic heterocycles. The zero-order valence-electron chi connectivity index (χ0n) is 10.1. The molecule has 0 aliphatic carbocycles. The molecule has 18 heavy (non-hydrogen) atoms. The highest BCUT2D eigenvalue weighted by molar-refractivity contribution is 6.32. The third kappa shape index (κ3) is 2.16. The lowest BCUT2D eigenvalue weighted by atomic mass is 9.94. The maximum absolute atomic E-state index is 6.25. The van der Waals surface area contributed by atoms with Crippen molar-refractivity contribution in [1.82, 2.24) is 15.1 Å². The molecular weight excluding hydrogens is 246 g/mol. The summed E-state index contributed by atoms with van der Waals surface area (Å²) in [5.41, 5.74) is 2.24. The summed E-state index contributed by atoms with van der Waals surface area (Å²) in [6.45, 7) is 2.16. The zero-order valence-corrected chi connectivity index (χ0v) is 10.9. The fourth-order valence-corrected chi connectivity index (χ4v) is 2.78. The highest BCUT2D eigenvalue weighted by Crippen LogP contribution is 2.29. The van der Waals surface area contributed by atoms with Crippen molar-refractivity contribution in [1.29, 1.82) is 0 Å². The van der Waals surface area contributed by atoms with Gasteiger partial charge in [0.1, 0.15) is 0 Å². The van der Waals surface area contributed by atoms with E-state index in [1.807, 2.05) is 35.1 Å². The van der Waals surface area contributed by atoms with E-state index < -0.39 is 0 Å². The van der Waals surface area contributed by atoms with Gasteiger partial charge in [0.15, 0.2) is 0 Å². The molecule has 0 bridgehead atoms. The highest BCUT2D eigenvalue weighted by atomic mass is 35.5. The molecule has 0 amide bonds. The van der Waals surface area contributed by atoms with Crippen LogP contribution in [0.3, 0.4) is 0 Å². The van der Waals surface area contributed by atoms with Crippen LogP contribution in [0, 0.1) is 0 Å². The second-order valence-electron chi connectivity index (χ2n) is 4.64. The van der Waals surface area contributed by atoms with Gasteiger partial charge in [0, 0.05) is 17.8 Å². The fraction of sp³-hybridized carbons (Fsp3) is 0.357. The number of piperidine rings is 1. The smallest absolute Gasteiger partial charge is 0.0835 e. The van der Waals surface area contributed by atoms with E-state index in [0.717, 1.165) is 36.6 Å². The van der Waals surface area contributed by atoms with E-state index in [-0.39, 0.29) is 0 Å². The quantitative estimate of drug-likeness (QED) is 0.901. The Labute approximate surface area is 112 Å². The molecule has 94 valence electrons. The van der Waals surface area contributed by atoms with Gasteiger partial charge in [-0.05, 0) is 44.1 Å². The number of hydrogen-bond donors (Lipinski definition) is 1. The number of benzene rings is 1. The predicted octanol–water partition coefficient (Wildman–Crippen LogP) is 2.99. The lowest BCUT2D eigenvalue weighted by Crippen LogP contribution is -2.27. The highest BCUT2D eigenvalue weighted by Gasteiger charge is 2.20. The number of halogens is 1. The SMILES string of the molecule is Clc1ccccc1-n1nccc1C1CCNCC1. The molecule has 0 radical (unpaired) electrons. The molecule has 2 heterocycles. The van der Waals surface area contributed by atoms with Crippen molar-refractivity contribution in [2.75, 3.05) is 13.1 Å². The van der Waals surface area contributed by atoms with Gasteiger partial charge in [0.25, 0.3) is 0 Å². The summed E-state index contributed by atoms with van der Waals surface area (Å²) in [5.74, 6) is 0.574. The van der Waals surface area contributed by atoms with Gasteiger partial charge in [-0.2, -0.15) is 5.10 Å². The minimum absolute atomic E-state index is 0.574. The Morgan fingerprint density at radius 1 is 1.17 bits per heavy atom. The van der Waals surface area contributed by atoms with Gasteiger partial charge in [-0.25, -0.2) is 4.68 Å². The standard InChI is InChI=1S/C14H16ClN3/c15-12-3-1-2-4-14(12)18-13(7-10-17-18)11-5-8-16-9-6-11/h1-4,7,10-11,16H,5-6,8-9H2. The molecule has 2 aromatic rings. The van der Waals surface area contributed by atoms with Crippen molar-refractivity contribution >= 4 is 11.6 Å². The van der Waals surface area contributed by atoms with Gasteiger partial charge in [0.05, 0.1) is 10.7 Å². The van der Waals surface area contributed by atoms with Crippen molar-refractivity contribution < 1.29 is 0 Å². The lowest BCUT2D eigenvalue weighted by molar-refractivity contribution is 0.446. The number of aromatic nitrogens is 2. The van der Waals surface area contributed by atoms with Gasteiger partial charge in [-0.3, -0.25) is 0 Å². The van der Waals surface area contributed by atoms with Crippen LogP contribution in [0.25, 0.3) is 5.69 Å². The second kappa shape index (κ2) is 5.12. The van der Waals surface area contributed by atoms with Crippen LogP contribution in [0.1, 0.15) is 24.5 Å². The molecule has 3 nitrogen and oxygen atoms in total. The molecule has 0 unspecified atom stereocenters. The summed E-state index contributed by atoms with van der Waals surface area (Å²) in [6.07, 6.45) is 4.19. The van der Waals surface area contributed by atoms with Gasteiger partial charge in [0.2, 0.25) is 0 Å². The molecule has 4 heteroatoms. The molecule has 1 aromatic heterocycles. The maximum atomic E-state index is 6.25. The summed E-state index contributed by atoms with van der Waals surface area (Å²) in [5, 5.41) is 8.57. The molecule has 0 spiro atoms. The third-order valence-corrected chi connectivity index (χ3v) is 3.83. The number of nitrogens with one attached hydrogen (secondary N) is 1.